The number of rotatable bonds is 11. The smallest absolute Gasteiger partial charge is 0.293 e. The molecule has 0 aliphatic carbocycles. The number of sulfonamides is 1. The Bertz CT molecular complexity index is 1210. The van der Waals surface area contributed by atoms with Crippen molar-refractivity contribution in [2.45, 2.75) is 24.8 Å². The standard InChI is InChI=1S/C21H28N6O4S/c1-16-24-19-7-4-5-8-20(19)26(16)13-6-11-22-18-10-9-17(15-21(18)27(28)29)32(30,31)23-12-14-25(2)3/h4-5,7-10,15,22-23H,6,11-14H2,1-3H3. The van der Waals surface area contributed by atoms with Crippen LogP contribution in [0.2, 0.25) is 0 Å². The van der Waals surface area contributed by atoms with E-state index in [2.05, 4.69) is 19.6 Å². The molecule has 0 unspecified atom stereocenters. The van der Waals surface area contributed by atoms with Crippen LogP contribution in [0.15, 0.2) is 47.4 Å². The van der Waals surface area contributed by atoms with E-state index in [1.807, 2.05) is 50.2 Å². The Labute approximate surface area is 187 Å². The number of likely N-dealkylation sites (N-methyl/N-ethyl adjacent to an activating group) is 1. The molecule has 1 heterocycles. The van der Waals surface area contributed by atoms with Crippen molar-refractivity contribution in [1.29, 1.82) is 0 Å². The SMILES string of the molecule is Cc1nc2ccccc2n1CCCNc1ccc(S(=O)(=O)NCCN(C)C)cc1[N+](=O)[O-]. The van der Waals surface area contributed by atoms with E-state index in [4.69, 9.17) is 0 Å². The number of para-hydroxylation sites is 2. The Morgan fingerprint density at radius 3 is 2.62 bits per heavy atom. The van der Waals surface area contributed by atoms with Crippen LogP contribution in [-0.2, 0) is 16.6 Å². The van der Waals surface area contributed by atoms with E-state index in [0.717, 1.165) is 22.9 Å². The van der Waals surface area contributed by atoms with Gasteiger partial charge < -0.3 is 14.8 Å². The summed E-state index contributed by atoms with van der Waals surface area (Å²) in [5.74, 6) is 0.911. The highest BCUT2D eigenvalue weighted by Crippen LogP contribution is 2.27. The topological polar surface area (TPSA) is 122 Å². The molecule has 0 aliphatic rings. The minimum atomic E-state index is -3.83. The number of aromatic nitrogens is 2. The average Bonchev–Trinajstić information content (AvgIpc) is 3.05. The lowest BCUT2D eigenvalue weighted by atomic mass is 10.2. The molecule has 10 nitrogen and oxygen atoms in total. The minimum absolute atomic E-state index is 0.131. The van der Waals surface area contributed by atoms with Gasteiger partial charge in [0.15, 0.2) is 0 Å². The number of hydrogen-bond acceptors (Lipinski definition) is 7. The predicted octanol–water partition coefficient (Wildman–Crippen LogP) is 2.60. The lowest BCUT2D eigenvalue weighted by Gasteiger charge is -2.12. The summed E-state index contributed by atoms with van der Waals surface area (Å²) >= 11 is 0. The first-order valence-electron chi connectivity index (χ1n) is 10.3. The van der Waals surface area contributed by atoms with E-state index >= 15 is 0 Å². The summed E-state index contributed by atoms with van der Waals surface area (Å²) in [6.07, 6.45) is 0.713. The summed E-state index contributed by atoms with van der Waals surface area (Å²) < 4.78 is 29.5. The quantitative estimate of drug-likeness (QED) is 0.256. The van der Waals surface area contributed by atoms with Crippen LogP contribution in [0.3, 0.4) is 0 Å². The molecule has 172 valence electrons. The largest absolute Gasteiger partial charge is 0.379 e. The summed E-state index contributed by atoms with van der Waals surface area (Å²) in [5, 5.41) is 14.6. The third kappa shape index (κ3) is 5.61. The Hall–Kier alpha value is -3.02. The molecule has 2 aromatic carbocycles. The fourth-order valence-electron chi connectivity index (χ4n) is 3.40. The molecule has 3 rings (SSSR count). The molecular formula is C21H28N6O4S. The van der Waals surface area contributed by atoms with Crippen molar-refractivity contribution in [1.82, 2.24) is 19.2 Å². The van der Waals surface area contributed by atoms with Crippen LogP contribution in [0.1, 0.15) is 12.2 Å². The van der Waals surface area contributed by atoms with Crippen LogP contribution in [0.5, 0.6) is 0 Å². The van der Waals surface area contributed by atoms with Crippen LogP contribution in [-0.4, -0.2) is 61.5 Å². The van der Waals surface area contributed by atoms with Gasteiger partial charge in [0.2, 0.25) is 10.0 Å². The lowest BCUT2D eigenvalue weighted by molar-refractivity contribution is -0.384. The average molecular weight is 461 g/mol. The fraction of sp³-hybridized carbons (Fsp3) is 0.381. The van der Waals surface area contributed by atoms with E-state index in [0.29, 0.717) is 26.1 Å². The summed E-state index contributed by atoms with van der Waals surface area (Å²) in [7, 11) is -0.169. The van der Waals surface area contributed by atoms with Gasteiger partial charge in [-0.2, -0.15) is 0 Å². The van der Waals surface area contributed by atoms with E-state index in [1.165, 1.54) is 12.1 Å². The first-order valence-corrected chi connectivity index (χ1v) is 11.8. The molecule has 0 amide bonds. The zero-order valence-corrected chi connectivity index (χ0v) is 19.2. The van der Waals surface area contributed by atoms with Crippen molar-refractivity contribution < 1.29 is 13.3 Å². The Morgan fingerprint density at radius 2 is 1.91 bits per heavy atom. The van der Waals surface area contributed by atoms with Crippen LogP contribution in [0.25, 0.3) is 11.0 Å². The molecule has 0 atom stereocenters. The summed E-state index contributed by atoms with van der Waals surface area (Å²) in [4.78, 5) is 17.2. The molecule has 0 fully saturated rings. The molecule has 0 spiro atoms. The van der Waals surface area contributed by atoms with Crippen molar-refractivity contribution >= 4 is 32.4 Å². The highest BCUT2D eigenvalue weighted by molar-refractivity contribution is 7.89. The molecule has 0 radical (unpaired) electrons. The fourth-order valence-corrected chi connectivity index (χ4v) is 4.45. The number of nitro groups is 1. The third-order valence-electron chi connectivity index (χ3n) is 5.05. The second-order valence-electron chi connectivity index (χ2n) is 7.72. The molecule has 1 aromatic heterocycles. The maximum atomic E-state index is 12.4. The van der Waals surface area contributed by atoms with Gasteiger partial charge in [0.05, 0.1) is 20.9 Å². The number of imidazole rings is 1. The summed E-state index contributed by atoms with van der Waals surface area (Å²) in [6, 6.07) is 11.8. The maximum absolute atomic E-state index is 12.4. The second kappa shape index (κ2) is 10.1. The number of nitrogens with one attached hydrogen (secondary N) is 2. The van der Waals surface area contributed by atoms with Crippen molar-refractivity contribution in [2.24, 2.45) is 0 Å². The van der Waals surface area contributed by atoms with Crippen molar-refractivity contribution in [3.8, 4) is 0 Å². The number of nitrogens with zero attached hydrogens (tertiary/aromatic N) is 4. The van der Waals surface area contributed by atoms with Gasteiger partial charge in [-0.15, -0.1) is 0 Å². The maximum Gasteiger partial charge on any atom is 0.293 e. The van der Waals surface area contributed by atoms with Crippen LogP contribution < -0.4 is 10.0 Å². The highest BCUT2D eigenvalue weighted by atomic mass is 32.2. The minimum Gasteiger partial charge on any atom is -0.379 e. The predicted molar refractivity (Wildman–Crippen MR) is 124 cm³/mol. The number of fused-ring (bicyclic) bond motifs is 1. The second-order valence-corrected chi connectivity index (χ2v) is 9.48. The van der Waals surface area contributed by atoms with Crippen LogP contribution >= 0.6 is 0 Å². The molecule has 0 saturated heterocycles. The lowest BCUT2D eigenvalue weighted by Crippen LogP contribution is -2.31. The van der Waals surface area contributed by atoms with Crippen molar-refractivity contribution in [3.05, 3.63) is 58.4 Å². The zero-order chi connectivity index (χ0) is 23.3. The highest BCUT2D eigenvalue weighted by Gasteiger charge is 2.21. The number of hydrogen-bond donors (Lipinski definition) is 2. The number of nitro benzene ring substituents is 1. The van der Waals surface area contributed by atoms with E-state index in [9.17, 15) is 18.5 Å². The Balaban J connectivity index is 1.66. The normalized spacial score (nSPS) is 11.9. The van der Waals surface area contributed by atoms with Crippen molar-refractivity contribution in [3.63, 3.8) is 0 Å². The molecule has 2 N–H and O–H groups in total. The number of aryl methyl sites for hydroxylation is 2. The van der Waals surface area contributed by atoms with Crippen LogP contribution in [0.4, 0.5) is 11.4 Å². The van der Waals surface area contributed by atoms with Gasteiger partial charge in [0, 0.05) is 32.2 Å². The Morgan fingerprint density at radius 1 is 1.16 bits per heavy atom. The molecule has 11 heteroatoms. The van der Waals surface area contributed by atoms with Gasteiger partial charge in [-0.25, -0.2) is 18.1 Å². The van der Waals surface area contributed by atoms with E-state index < -0.39 is 14.9 Å². The van der Waals surface area contributed by atoms with Gasteiger partial charge in [0.1, 0.15) is 11.5 Å². The monoisotopic (exact) mass is 460 g/mol. The van der Waals surface area contributed by atoms with Crippen LogP contribution in [0, 0.1) is 17.0 Å². The molecule has 32 heavy (non-hydrogen) atoms. The van der Waals surface area contributed by atoms with Gasteiger partial charge in [-0.05, 0) is 51.7 Å². The Kier molecular flexibility index (Phi) is 7.44. The van der Waals surface area contributed by atoms with Gasteiger partial charge in [-0.1, -0.05) is 12.1 Å². The van der Waals surface area contributed by atoms with E-state index in [1.54, 1.807) is 0 Å². The molecule has 0 saturated carbocycles. The number of benzene rings is 2. The summed E-state index contributed by atoms with van der Waals surface area (Å²) in [5.41, 5.74) is 2.00. The first kappa shape index (κ1) is 23.6. The molecule has 0 aliphatic heterocycles. The zero-order valence-electron chi connectivity index (χ0n) is 18.4. The van der Waals surface area contributed by atoms with Gasteiger partial charge >= 0.3 is 0 Å². The molecule has 3 aromatic rings. The van der Waals surface area contributed by atoms with Crippen molar-refractivity contribution in [2.75, 3.05) is 39.0 Å². The summed E-state index contributed by atoms with van der Waals surface area (Å²) in [6.45, 7) is 3.87. The molecule has 0 bridgehead atoms. The third-order valence-corrected chi connectivity index (χ3v) is 6.51. The van der Waals surface area contributed by atoms with E-state index in [-0.39, 0.29) is 22.8 Å². The molecular weight excluding hydrogens is 432 g/mol. The van der Waals surface area contributed by atoms with Gasteiger partial charge in [-0.3, -0.25) is 10.1 Å². The van der Waals surface area contributed by atoms with Gasteiger partial charge in [0.25, 0.3) is 5.69 Å². The first-order chi connectivity index (χ1) is 15.2. The number of anilines is 1.